The van der Waals surface area contributed by atoms with Crippen molar-refractivity contribution in [2.45, 2.75) is 24.2 Å². The molecule has 6 heteroatoms. The predicted molar refractivity (Wildman–Crippen MR) is 117 cm³/mol. The molecule has 1 heterocycles. The van der Waals surface area contributed by atoms with Gasteiger partial charge in [-0.3, -0.25) is 9.59 Å². The third-order valence-corrected chi connectivity index (χ3v) is 7.16. The molecule has 0 bridgehead atoms. The Labute approximate surface area is 181 Å². The van der Waals surface area contributed by atoms with Crippen LogP contribution in [0, 0.1) is 12.8 Å². The van der Waals surface area contributed by atoms with Crippen molar-refractivity contribution >= 4 is 35.2 Å². The summed E-state index contributed by atoms with van der Waals surface area (Å²) in [4.78, 5) is 30.3. The lowest BCUT2D eigenvalue weighted by atomic mass is 10.1. The first-order valence-electron chi connectivity index (χ1n) is 10.0. The molecule has 0 unspecified atom stereocenters. The van der Waals surface area contributed by atoms with Gasteiger partial charge in [0.1, 0.15) is 0 Å². The third kappa shape index (κ3) is 4.78. The van der Waals surface area contributed by atoms with Crippen LogP contribution in [-0.4, -0.2) is 53.5 Å². The summed E-state index contributed by atoms with van der Waals surface area (Å²) in [7, 11) is 0. The molecule has 152 valence electrons. The zero-order valence-corrected chi connectivity index (χ0v) is 18.1. The topological polar surface area (TPSA) is 40.6 Å². The minimum atomic E-state index is 0.114. The fourth-order valence-electron chi connectivity index (χ4n) is 3.95. The SMILES string of the molecule is Cc1cc(Cl)ccc1SCC(=O)N1CCN(C(=O)[C@@H]2C[C@H]2c2ccccc2)CC1. The molecule has 4 rings (SSSR count). The van der Waals surface area contributed by atoms with Crippen molar-refractivity contribution in [2.75, 3.05) is 31.9 Å². The molecule has 2 aliphatic rings. The number of aryl methyl sites for hydroxylation is 1. The number of nitrogens with zero attached hydrogens (tertiary/aromatic N) is 2. The van der Waals surface area contributed by atoms with Crippen molar-refractivity contribution in [3.63, 3.8) is 0 Å². The van der Waals surface area contributed by atoms with Crippen LogP contribution in [0.2, 0.25) is 5.02 Å². The highest BCUT2D eigenvalue weighted by atomic mass is 35.5. The number of amides is 2. The first-order valence-corrected chi connectivity index (χ1v) is 11.4. The van der Waals surface area contributed by atoms with Gasteiger partial charge < -0.3 is 9.80 Å². The molecule has 1 aliphatic heterocycles. The van der Waals surface area contributed by atoms with Gasteiger partial charge in [0.2, 0.25) is 11.8 Å². The van der Waals surface area contributed by atoms with Gasteiger partial charge in [0, 0.05) is 42.0 Å². The smallest absolute Gasteiger partial charge is 0.233 e. The summed E-state index contributed by atoms with van der Waals surface area (Å²) < 4.78 is 0. The lowest BCUT2D eigenvalue weighted by Crippen LogP contribution is -2.51. The number of hydrogen-bond acceptors (Lipinski definition) is 3. The van der Waals surface area contributed by atoms with Crippen LogP contribution in [0.1, 0.15) is 23.5 Å². The Morgan fingerprint density at radius 3 is 2.41 bits per heavy atom. The minimum Gasteiger partial charge on any atom is -0.339 e. The molecule has 0 radical (unpaired) electrons. The van der Waals surface area contributed by atoms with Crippen LogP contribution in [0.25, 0.3) is 0 Å². The number of rotatable bonds is 5. The van der Waals surface area contributed by atoms with Crippen LogP contribution in [-0.2, 0) is 9.59 Å². The average molecular weight is 429 g/mol. The normalized spacial score (nSPS) is 21.2. The molecule has 1 aliphatic carbocycles. The van der Waals surface area contributed by atoms with E-state index >= 15 is 0 Å². The van der Waals surface area contributed by atoms with Crippen molar-refractivity contribution in [3.8, 4) is 0 Å². The molecule has 2 aromatic rings. The summed E-state index contributed by atoms with van der Waals surface area (Å²) in [5.74, 6) is 1.27. The Morgan fingerprint density at radius 2 is 1.72 bits per heavy atom. The summed E-state index contributed by atoms with van der Waals surface area (Å²) in [6.45, 7) is 4.50. The molecule has 0 N–H and O–H groups in total. The maximum Gasteiger partial charge on any atom is 0.233 e. The maximum atomic E-state index is 12.8. The second-order valence-electron chi connectivity index (χ2n) is 7.76. The van der Waals surface area contributed by atoms with E-state index in [1.165, 1.54) is 5.56 Å². The Morgan fingerprint density at radius 1 is 1.03 bits per heavy atom. The Bertz CT molecular complexity index is 897. The van der Waals surface area contributed by atoms with Crippen molar-refractivity contribution in [1.82, 2.24) is 9.80 Å². The van der Waals surface area contributed by atoms with Crippen molar-refractivity contribution in [2.24, 2.45) is 5.92 Å². The standard InChI is InChI=1S/C23H25ClN2O2S/c1-16-13-18(24)7-8-21(16)29-15-22(27)25-9-11-26(12-10-25)23(28)20-14-19(20)17-5-3-2-4-6-17/h2-8,13,19-20H,9-12,14-15H2,1H3/t19-,20+/m0/s1. The van der Waals surface area contributed by atoms with Gasteiger partial charge in [-0.1, -0.05) is 41.9 Å². The Kier molecular flexibility index (Phi) is 6.16. The fraction of sp³-hybridized carbons (Fsp3) is 0.391. The van der Waals surface area contributed by atoms with Crippen LogP contribution in [0.5, 0.6) is 0 Å². The first kappa shape index (κ1) is 20.3. The summed E-state index contributed by atoms with van der Waals surface area (Å²) in [6, 6.07) is 16.0. The number of carbonyl (C=O) groups is 2. The molecule has 29 heavy (non-hydrogen) atoms. The second-order valence-corrected chi connectivity index (χ2v) is 9.22. The summed E-state index contributed by atoms with van der Waals surface area (Å²) in [5.41, 5.74) is 2.34. The van der Waals surface area contributed by atoms with Gasteiger partial charge >= 0.3 is 0 Å². The van der Waals surface area contributed by atoms with Crippen molar-refractivity contribution in [3.05, 3.63) is 64.7 Å². The van der Waals surface area contributed by atoms with E-state index in [2.05, 4.69) is 12.1 Å². The van der Waals surface area contributed by atoms with Crippen LogP contribution in [0.4, 0.5) is 0 Å². The molecule has 2 aromatic carbocycles. The number of carbonyl (C=O) groups excluding carboxylic acids is 2. The van der Waals surface area contributed by atoms with E-state index in [9.17, 15) is 9.59 Å². The van der Waals surface area contributed by atoms with E-state index in [1.807, 2.05) is 53.1 Å². The van der Waals surface area contributed by atoms with E-state index in [1.54, 1.807) is 11.8 Å². The average Bonchev–Trinajstić information content (AvgIpc) is 3.54. The van der Waals surface area contributed by atoms with Crippen molar-refractivity contribution in [1.29, 1.82) is 0 Å². The summed E-state index contributed by atoms with van der Waals surface area (Å²) >= 11 is 7.54. The maximum absolute atomic E-state index is 12.8. The third-order valence-electron chi connectivity index (χ3n) is 5.77. The minimum absolute atomic E-state index is 0.114. The van der Waals surface area contributed by atoms with Gasteiger partial charge in [-0.25, -0.2) is 0 Å². The summed E-state index contributed by atoms with van der Waals surface area (Å²) in [6.07, 6.45) is 0.944. The van der Waals surface area contributed by atoms with E-state index in [4.69, 9.17) is 11.6 Å². The molecule has 2 fully saturated rings. The van der Waals surface area contributed by atoms with Gasteiger partial charge in [-0.05, 0) is 48.6 Å². The monoisotopic (exact) mass is 428 g/mol. The number of thioether (sulfide) groups is 1. The molecule has 2 amide bonds. The molecule has 1 saturated carbocycles. The molecule has 2 atom stereocenters. The van der Waals surface area contributed by atoms with Gasteiger partial charge in [-0.2, -0.15) is 0 Å². The quantitative estimate of drug-likeness (QED) is 0.669. The van der Waals surface area contributed by atoms with Gasteiger partial charge in [-0.15, -0.1) is 11.8 Å². The fourth-order valence-corrected chi connectivity index (χ4v) is 5.09. The van der Waals surface area contributed by atoms with E-state index < -0.39 is 0 Å². The number of halogens is 1. The van der Waals surface area contributed by atoms with Crippen molar-refractivity contribution < 1.29 is 9.59 Å². The lowest BCUT2D eigenvalue weighted by Gasteiger charge is -2.35. The van der Waals surface area contributed by atoms with E-state index in [0.717, 1.165) is 16.9 Å². The van der Waals surface area contributed by atoms with Crippen LogP contribution >= 0.6 is 23.4 Å². The van der Waals surface area contributed by atoms with Gasteiger partial charge in [0.05, 0.1) is 5.75 Å². The van der Waals surface area contributed by atoms with Gasteiger partial charge in [0.25, 0.3) is 0 Å². The Hall–Kier alpha value is -1.98. The molecular formula is C23H25ClN2O2S. The molecule has 0 aromatic heterocycles. The van der Waals surface area contributed by atoms with Crippen LogP contribution < -0.4 is 0 Å². The zero-order valence-electron chi connectivity index (χ0n) is 16.5. The highest BCUT2D eigenvalue weighted by Crippen LogP contribution is 2.48. The number of piperazine rings is 1. The van der Waals surface area contributed by atoms with Crippen LogP contribution in [0.3, 0.4) is 0 Å². The summed E-state index contributed by atoms with van der Waals surface area (Å²) in [5, 5.41) is 0.712. The van der Waals surface area contributed by atoms with E-state index in [0.29, 0.717) is 42.9 Å². The Balaban J connectivity index is 1.24. The molecule has 4 nitrogen and oxygen atoms in total. The highest BCUT2D eigenvalue weighted by molar-refractivity contribution is 8.00. The number of benzene rings is 2. The lowest BCUT2D eigenvalue weighted by molar-refractivity contribution is -0.139. The largest absolute Gasteiger partial charge is 0.339 e. The zero-order chi connectivity index (χ0) is 20.4. The molecule has 1 saturated heterocycles. The first-order chi connectivity index (χ1) is 14.0. The number of hydrogen-bond donors (Lipinski definition) is 0. The molecular weight excluding hydrogens is 404 g/mol. The van der Waals surface area contributed by atoms with E-state index in [-0.39, 0.29) is 17.7 Å². The molecule has 0 spiro atoms. The highest BCUT2D eigenvalue weighted by Gasteiger charge is 2.46. The van der Waals surface area contributed by atoms with Gasteiger partial charge in [0.15, 0.2) is 0 Å². The van der Waals surface area contributed by atoms with Crippen LogP contribution in [0.15, 0.2) is 53.4 Å². The predicted octanol–water partition coefficient (Wildman–Crippen LogP) is 4.22. The second kappa shape index (κ2) is 8.80.